The highest BCUT2D eigenvalue weighted by atomic mass is 16.5. The fraction of sp³-hybridized carbons (Fsp3) is 0.323. The van der Waals surface area contributed by atoms with Crippen molar-refractivity contribution in [1.82, 2.24) is 15.3 Å². The molecule has 204 valence electrons. The van der Waals surface area contributed by atoms with Crippen molar-refractivity contribution in [3.8, 4) is 11.5 Å². The number of rotatable bonds is 14. The number of benzene rings is 2. The third-order valence-corrected chi connectivity index (χ3v) is 6.46. The number of anilines is 2. The molecule has 0 aliphatic carbocycles. The van der Waals surface area contributed by atoms with Crippen LogP contribution in [0.2, 0.25) is 0 Å². The number of ether oxygens (including phenoxy) is 2. The van der Waals surface area contributed by atoms with Gasteiger partial charge in [-0.2, -0.15) is 0 Å². The SMILES string of the molecule is CCOc1cc2ncc(CC(N)=O)c(Nc3cccc(CNCCc4ccccn4)c3CC)c2cc1OCC. The molecule has 2 aromatic carbocycles. The minimum absolute atomic E-state index is 0.0681. The molecule has 2 heterocycles. The van der Waals surface area contributed by atoms with Gasteiger partial charge in [0.25, 0.3) is 0 Å². The fourth-order valence-corrected chi connectivity index (χ4v) is 4.70. The van der Waals surface area contributed by atoms with Crippen LogP contribution < -0.4 is 25.8 Å². The molecule has 4 rings (SSSR count). The molecule has 2 aromatic heterocycles. The minimum Gasteiger partial charge on any atom is -0.490 e. The molecule has 0 aliphatic heterocycles. The molecule has 4 aromatic rings. The zero-order valence-corrected chi connectivity index (χ0v) is 22.9. The largest absolute Gasteiger partial charge is 0.490 e. The highest BCUT2D eigenvalue weighted by Crippen LogP contribution is 2.38. The molecule has 0 saturated carbocycles. The van der Waals surface area contributed by atoms with Crippen molar-refractivity contribution in [3.63, 3.8) is 0 Å². The van der Waals surface area contributed by atoms with Gasteiger partial charge in [-0.05, 0) is 55.7 Å². The predicted molar refractivity (Wildman–Crippen MR) is 156 cm³/mol. The van der Waals surface area contributed by atoms with E-state index in [1.54, 1.807) is 6.20 Å². The maximum absolute atomic E-state index is 12.0. The summed E-state index contributed by atoms with van der Waals surface area (Å²) in [4.78, 5) is 21.0. The van der Waals surface area contributed by atoms with Crippen LogP contribution in [-0.4, -0.2) is 35.6 Å². The number of fused-ring (bicyclic) bond motifs is 1. The molecule has 0 atom stereocenters. The van der Waals surface area contributed by atoms with E-state index in [1.807, 2.05) is 56.4 Å². The Morgan fingerprint density at radius 3 is 2.44 bits per heavy atom. The minimum atomic E-state index is -0.420. The molecule has 8 nitrogen and oxygen atoms in total. The van der Waals surface area contributed by atoms with E-state index in [4.69, 9.17) is 15.2 Å². The average Bonchev–Trinajstić information content (AvgIpc) is 2.93. The Morgan fingerprint density at radius 2 is 1.74 bits per heavy atom. The van der Waals surface area contributed by atoms with E-state index in [-0.39, 0.29) is 6.42 Å². The second-order valence-corrected chi connectivity index (χ2v) is 9.15. The smallest absolute Gasteiger partial charge is 0.221 e. The molecule has 0 radical (unpaired) electrons. The quantitative estimate of drug-likeness (QED) is 0.196. The third kappa shape index (κ3) is 7.03. The molecule has 39 heavy (non-hydrogen) atoms. The molecule has 0 spiro atoms. The van der Waals surface area contributed by atoms with Gasteiger partial charge in [0, 0.05) is 60.3 Å². The van der Waals surface area contributed by atoms with Gasteiger partial charge in [0.1, 0.15) is 0 Å². The standard InChI is InChI=1S/C31H37N5O3/c1-4-24-21(19-33-15-13-23-11-7-8-14-34-23)10-9-12-26(24)36-31-22(16-30(32)37)20-35-27-18-29(39-6-3)28(38-5-2)17-25(27)31/h7-12,14,17-18,20,33H,4-6,13,15-16,19H2,1-3H3,(H2,32,37)(H,35,36). The Bertz CT molecular complexity index is 1410. The molecule has 8 heteroatoms. The predicted octanol–water partition coefficient (Wildman–Crippen LogP) is 5.09. The van der Waals surface area contributed by atoms with Crippen LogP contribution in [0.25, 0.3) is 10.9 Å². The maximum Gasteiger partial charge on any atom is 0.221 e. The van der Waals surface area contributed by atoms with Gasteiger partial charge in [-0.1, -0.05) is 25.1 Å². The Hall–Kier alpha value is -4.17. The highest BCUT2D eigenvalue weighted by molar-refractivity contribution is 5.98. The summed E-state index contributed by atoms with van der Waals surface area (Å²) in [6.07, 6.45) is 5.31. The van der Waals surface area contributed by atoms with Crippen molar-refractivity contribution in [2.75, 3.05) is 25.1 Å². The summed E-state index contributed by atoms with van der Waals surface area (Å²) >= 11 is 0. The second kappa shape index (κ2) is 13.6. The number of primary amides is 1. The van der Waals surface area contributed by atoms with Crippen LogP contribution in [0.15, 0.2) is 60.9 Å². The molecule has 1 amide bonds. The molecule has 0 fully saturated rings. The second-order valence-electron chi connectivity index (χ2n) is 9.15. The van der Waals surface area contributed by atoms with Crippen LogP contribution >= 0.6 is 0 Å². The lowest BCUT2D eigenvalue weighted by Gasteiger charge is -2.20. The summed E-state index contributed by atoms with van der Waals surface area (Å²) in [5, 5.41) is 8.02. The van der Waals surface area contributed by atoms with Gasteiger partial charge in [-0.25, -0.2) is 0 Å². The zero-order valence-electron chi connectivity index (χ0n) is 22.9. The van der Waals surface area contributed by atoms with E-state index in [9.17, 15) is 4.79 Å². The van der Waals surface area contributed by atoms with Crippen LogP contribution in [0.4, 0.5) is 11.4 Å². The summed E-state index contributed by atoms with van der Waals surface area (Å²) in [5.41, 5.74) is 12.3. The van der Waals surface area contributed by atoms with Crippen LogP contribution in [0, 0.1) is 0 Å². The van der Waals surface area contributed by atoms with Crippen molar-refractivity contribution >= 4 is 28.2 Å². The first-order valence-corrected chi connectivity index (χ1v) is 13.5. The molecule has 4 N–H and O–H groups in total. The third-order valence-electron chi connectivity index (χ3n) is 6.46. The van der Waals surface area contributed by atoms with Crippen LogP contribution in [0.3, 0.4) is 0 Å². The maximum atomic E-state index is 12.0. The number of pyridine rings is 2. The lowest BCUT2D eigenvalue weighted by molar-refractivity contribution is -0.117. The van der Waals surface area contributed by atoms with E-state index < -0.39 is 5.91 Å². The molecular weight excluding hydrogens is 490 g/mol. The number of nitrogens with one attached hydrogen (secondary N) is 2. The van der Waals surface area contributed by atoms with Gasteiger partial charge in [-0.3, -0.25) is 14.8 Å². The first-order valence-electron chi connectivity index (χ1n) is 13.5. The van der Waals surface area contributed by atoms with E-state index >= 15 is 0 Å². The number of nitrogens with two attached hydrogens (primary N) is 1. The number of nitrogens with zero attached hydrogens (tertiary/aromatic N) is 2. The Morgan fingerprint density at radius 1 is 0.949 bits per heavy atom. The first kappa shape index (κ1) is 27.9. The molecule has 0 aliphatic rings. The van der Waals surface area contributed by atoms with Gasteiger partial charge in [0.05, 0.1) is 30.8 Å². The van der Waals surface area contributed by atoms with Crippen molar-refractivity contribution in [1.29, 1.82) is 0 Å². The van der Waals surface area contributed by atoms with Gasteiger partial charge >= 0.3 is 0 Å². The average molecular weight is 528 g/mol. The van der Waals surface area contributed by atoms with Crippen LogP contribution in [0.5, 0.6) is 11.5 Å². The zero-order chi connectivity index (χ0) is 27.6. The summed E-state index contributed by atoms with van der Waals surface area (Å²) in [6, 6.07) is 16.1. The van der Waals surface area contributed by atoms with Crippen molar-refractivity contribution in [2.24, 2.45) is 5.73 Å². The number of carbonyl (C=O) groups is 1. The Balaban J connectivity index is 1.67. The normalized spacial score (nSPS) is 10.9. The van der Waals surface area contributed by atoms with E-state index in [2.05, 4.69) is 39.7 Å². The Kier molecular flexibility index (Phi) is 9.69. The summed E-state index contributed by atoms with van der Waals surface area (Å²) in [6.45, 7) is 8.60. The molecule has 0 unspecified atom stereocenters. The van der Waals surface area contributed by atoms with Gasteiger partial charge in [-0.15, -0.1) is 0 Å². The fourth-order valence-electron chi connectivity index (χ4n) is 4.70. The number of amides is 1. The highest BCUT2D eigenvalue weighted by Gasteiger charge is 2.17. The monoisotopic (exact) mass is 527 g/mol. The van der Waals surface area contributed by atoms with Crippen LogP contribution in [-0.2, 0) is 30.6 Å². The van der Waals surface area contributed by atoms with Gasteiger partial charge in [0.2, 0.25) is 5.91 Å². The number of hydrogen-bond acceptors (Lipinski definition) is 7. The van der Waals surface area contributed by atoms with E-state index in [0.29, 0.717) is 24.7 Å². The molecular formula is C31H37N5O3. The van der Waals surface area contributed by atoms with Crippen molar-refractivity contribution < 1.29 is 14.3 Å². The van der Waals surface area contributed by atoms with Crippen molar-refractivity contribution in [3.05, 3.63) is 83.3 Å². The molecule has 0 saturated heterocycles. The van der Waals surface area contributed by atoms with E-state index in [1.165, 1.54) is 11.1 Å². The topological polar surface area (TPSA) is 111 Å². The first-order chi connectivity index (χ1) is 19.0. The lowest BCUT2D eigenvalue weighted by atomic mass is 10.0. The van der Waals surface area contributed by atoms with E-state index in [0.717, 1.165) is 59.5 Å². The summed E-state index contributed by atoms with van der Waals surface area (Å²) in [5.74, 6) is 0.854. The van der Waals surface area contributed by atoms with Gasteiger partial charge in [0.15, 0.2) is 11.5 Å². The Labute approximate surface area is 230 Å². The van der Waals surface area contributed by atoms with Crippen LogP contribution in [0.1, 0.15) is 43.2 Å². The van der Waals surface area contributed by atoms with Crippen molar-refractivity contribution in [2.45, 2.75) is 46.6 Å². The number of hydrogen-bond donors (Lipinski definition) is 3. The number of aromatic nitrogens is 2. The summed E-state index contributed by atoms with van der Waals surface area (Å²) in [7, 11) is 0. The number of carbonyl (C=O) groups excluding carboxylic acids is 1. The lowest BCUT2D eigenvalue weighted by Crippen LogP contribution is -2.18. The summed E-state index contributed by atoms with van der Waals surface area (Å²) < 4.78 is 11.7. The molecule has 0 bridgehead atoms. The van der Waals surface area contributed by atoms with Gasteiger partial charge < -0.3 is 25.8 Å².